The number of imide groups is 1. The Bertz CT molecular complexity index is 888. The van der Waals surface area contributed by atoms with Gasteiger partial charge in [0.15, 0.2) is 6.61 Å². The molecule has 2 aromatic rings. The van der Waals surface area contributed by atoms with E-state index in [1.165, 1.54) is 7.11 Å². The first-order valence-corrected chi connectivity index (χ1v) is 8.54. The van der Waals surface area contributed by atoms with E-state index in [9.17, 15) is 19.2 Å². The quantitative estimate of drug-likeness (QED) is 0.579. The minimum Gasteiger partial charge on any atom is -0.497 e. The molecule has 8 heteroatoms. The molecule has 1 N–H and O–H groups in total. The van der Waals surface area contributed by atoms with Gasteiger partial charge in [-0.3, -0.25) is 24.1 Å². The molecular formula is C20H18N2O6. The van der Waals surface area contributed by atoms with Gasteiger partial charge in [-0.2, -0.15) is 0 Å². The Balaban J connectivity index is 1.44. The molecule has 0 unspecified atom stereocenters. The van der Waals surface area contributed by atoms with Crippen molar-refractivity contribution in [2.45, 2.75) is 6.42 Å². The molecule has 0 saturated heterocycles. The molecule has 1 heterocycles. The number of hydrogen-bond acceptors (Lipinski definition) is 6. The molecule has 3 amide bonds. The second-order valence-corrected chi connectivity index (χ2v) is 5.99. The Morgan fingerprint density at radius 2 is 1.57 bits per heavy atom. The summed E-state index contributed by atoms with van der Waals surface area (Å²) in [5.41, 5.74) is 1.17. The van der Waals surface area contributed by atoms with Gasteiger partial charge < -0.3 is 14.8 Å². The highest BCUT2D eigenvalue weighted by Crippen LogP contribution is 2.22. The van der Waals surface area contributed by atoms with E-state index < -0.39 is 30.3 Å². The second kappa shape index (κ2) is 8.34. The van der Waals surface area contributed by atoms with E-state index in [4.69, 9.17) is 9.47 Å². The van der Waals surface area contributed by atoms with Gasteiger partial charge in [-0.25, -0.2) is 0 Å². The predicted molar refractivity (Wildman–Crippen MR) is 99.0 cm³/mol. The monoisotopic (exact) mass is 382 g/mol. The standard InChI is InChI=1S/C20H18N2O6/c1-27-14-8-6-13(7-9-14)21-17(23)12-28-18(24)10-11-22-19(25)15-4-2-3-5-16(15)20(22)26/h2-9H,10-12H2,1H3,(H,21,23). The second-order valence-electron chi connectivity index (χ2n) is 5.99. The molecule has 1 aliphatic rings. The lowest BCUT2D eigenvalue weighted by Crippen LogP contribution is -2.32. The molecule has 2 aromatic carbocycles. The molecule has 0 aromatic heterocycles. The number of benzene rings is 2. The van der Waals surface area contributed by atoms with Crippen LogP contribution in [0.4, 0.5) is 5.69 Å². The van der Waals surface area contributed by atoms with E-state index in [2.05, 4.69) is 5.32 Å². The van der Waals surface area contributed by atoms with E-state index in [0.717, 1.165) is 4.90 Å². The predicted octanol–water partition coefficient (Wildman–Crippen LogP) is 1.86. The third kappa shape index (κ3) is 4.17. The minimum atomic E-state index is -0.679. The van der Waals surface area contributed by atoms with Crippen molar-refractivity contribution in [3.05, 3.63) is 59.7 Å². The van der Waals surface area contributed by atoms with Crippen molar-refractivity contribution < 1.29 is 28.7 Å². The Labute approximate surface area is 161 Å². The van der Waals surface area contributed by atoms with Crippen LogP contribution in [0.5, 0.6) is 5.75 Å². The number of hydrogen-bond donors (Lipinski definition) is 1. The summed E-state index contributed by atoms with van der Waals surface area (Å²) in [7, 11) is 1.54. The van der Waals surface area contributed by atoms with Gasteiger partial charge in [0, 0.05) is 12.2 Å². The summed E-state index contributed by atoms with van der Waals surface area (Å²) in [6, 6.07) is 13.1. The van der Waals surface area contributed by atoms with Crippen LogP contribution in [0.15, 0.2) is 48.5 Å². The number of rotatable bonds is 7. The van der Waals surface area contributed by atoms with E-state index in [1.54, 1.807) is 48.5 Å². The lowest BCUT2D eigenvalue weighted by molar-refractivity contribution is -0.147. The third-order valence-electron chi connectivity index (χ3n) is 4.16. The Kier molecular flexibility index (Phi) is 5.69. The first kappa shape index (κ1) is 19.1. The van der Waals surface area contributed by atoms with Gasteiger partial charge in [-0.1, -0.05) is 12.1 Å². The Hall–Kier alpha value is -3.68. The normalized spacial score (nSPS) is 12.5. The largest absolute Gasteiger partial charge is 0.497 e. The maximum atomic E-state index is 12.2. The molecule has 0 fully saturated rings. The first-order chi connectivity index (χ1) is 13.5. The van der Waals surface area contributed by atoms with Crippen LogP contribution >= 0.6 is 0 Å². The summed E-state index contributed by atoms with van der Waals surface area (Å²) < 4.78 is 9.93. The average molecular weight is 382 g/mol. The number of anilines is 1. The minimum absolute atomic E-state index is 0.106. The molecule has 0 bridgehead atoms. The summed E-state index contributed by atoms with van der Waals surface area (Å²) >= 11 is 0. The number of esters is 1. The van der Waals surface area contributed by atoms with E-state index in [0.29, 0.717) is 22.6 Å². The molecule has 28 heavy (non-hydrogen) atoms. The molecule has 0 aliphatic carbocycles. The molecular weight excluding hydrogens is 364 g/mol. The fraction of sp³-hybridized carbons (Fsp3) is 0.200. The van der Waals surface area contributed by atoms with Gasteiger partial charge in [-0.05, 0) is 36.4 Å². The number of carbonyl (C=O) groups excluding carboxylic acids is 4. The van der Waals surface area contributed by atoms with Crippen LogP contribution in [0.1, 0.15) is 27.1 Å². The zero-order valence-corrected chi connectivity index (χ0v) is 15.1. The Morgan fingerprint density at radius 1 is 0.964 bits per heavy atom. The fourth-order valence-electron chi connectivity index (χ4n) is 2.73. The fourth-order valence-corrected chi connectivity index (χ4v) is 2.73. The van der Waals surface area contributed by atoms with Gasteiger partial charge in [0.2, 0.25) is 0 Å². The first-order valence-electron chi connectivity index (χ1n) is 8.54. The number of ether oxygens (including phenoxy) is 2. The number of fused-ring (bicyclic) bond motifs is 1. The number of nitrogens with one attached hydrogen (secondary N) is 1. The van der Waals surface area contributed by atoms with Gasteiger partial charge in [0.25, 0.3) is 17.7 Å². The lowest BCUT2D eigenvalue weighted by Gasteiger charge is -2.13. The van der Waals surface area contributed by atoms with Crippen molar-refractivity contribution in [2.24, 2.45) is 0 Å². The summed E-state index contributed by atoms with van der Waals surface area (Å²) in [6.07, 6.45) is -0.193. The van der Waals surface area contributed by atoms with Gasteiger partial charge in [0.05, 0.1) is 24.7 Å². The maximum Gasteiger partial charge on any atom is 0.308 e. The summed E-state index contributed by atoms with van der Waals surface area (Å²) in [5.74, 6) is -1.41. The SMILES string of the molecule is COc1ccc(NC(=O)COC(=O)CCN2C(=O)c3ccccc3C2=O)cc1. The van der Waals surface area contributed by atoms with Crippen molar-refractivity contribution in [1.29, 1.82) is 0 Å². The number of amides is 3. The van der Waals surface area contributed by atoms with Crippen molar-refractivity contribution >= 4 is 29.4 Å². The summed E-state index contributed by atoms with van der Waals surface area (Å²) in [6.45, 7) is -0.571. The highest BCUT2D eigenvalue weighted by atomic mass is 16.5. The molecule has 1 aliphatic heterocycles. The number of methoxy groups -OCH3 is 1. The number of nitrogens with zero attached hydrogens (tertiary/aromatic N) is 1. The van der Waals surface area contributed by atoms with Crippen LogP contribution in [0.25, 0.3) is 0 Å². The molecule has 144 valence electrons. The van der Waals surface area contributed by atoms with Gasteiger partial charge in [0.1, 0.15) is 5.75 Å². The zero-order valence-electron chi connectivity index (χ0n) is 15.1. The van der Waals surface area contributed by atoms with Crippen molar-refractivity contribution in [3.63, 3.8) is 0 Å². The van der Waals surface area contributed by atoms with E-state index in [-0.39, 0.29) is 13.0 Å². The topological polar surface area (TPSA) is 102 Å². The van der Waals surface area contributed by atoms with Crippen LogP contribution in [-0.4, -0.2) is 48.9 Å². The van der Waals surface area contributed by atoms with E-state index in [1.807, 2.05) is 0 Å². The molecule has 3 rings (SSSR count). The summed E-state index contributed by atoms with van der Waals surface area (Å²) in [4.78, 5) is 49.1. The average Bonchev–Trinajstić information content (AvgIpc) is 2.96. The van der Waals surface area contributed by atoms with Crippen LogP contribution in [0.3, 0.4) is 0 Å². The van der Waals surface area contributed by atoms with Gasteiger partial charge in [-0.15, -0.1) is 0 Å². The smallest absolute Gasteiger partial charge is 0.308 e. The van der Waals surface area contributed by atoms with Crippen molar-refractivity contribution in [3.8, 4) is 5.75 Å². The highest BCUT2D eigenvalue weighted by molar-refractivity contribution is 6.21. The molecule has 8 nitrogen and oxygen atoms in total. The molecule has 0 atom stereocenters. The maximum absolute atomic E-state index is 12.2. The van der Waals surface area contributed by atoms with Gasteiger partial charge >= 0.3 is 5.97 Å². The lowest BCUT2D eigenvalue weighted by atomic mass is 10.1. The Morgan fingerprint density at radius 3 is 2.14 bits per heavy atom. The molecule has 0 radical (unpaired) electrons. The van der Waals surface area contributed by atoms with Crippen LogP contribution in [0, 0.1) is 0 Å². The molecule has 0 saturated carbocycles. The summed E-state index contributed by atoms with van der Waals surface area (Å²) in [5, 5.41) is 2.58. The van der Waals surface area contributed by atoms with Crippen molar-refractivity contribution in [1.82, 2.24) is 4.90 Å². The van der Waals surface area contributed by atoms with Crippen LogP contribution < -0.4 is 10.1 Å². The van der Waals surface area contributed by atoms with Crippen molar-refractivity contribution in [2.75, 3.05) is 25.6 Å². The number of carbonyl (C=O) groups is 4. The van der Waals surface area contributed by atoms with E-state index >= 15 is 0 Å². The highest BCUT2D eigenvalue weighted by Gasteiger charge is 2.35. The van der Waals surface area contributed by atoms with Crippen LogP contribution in [0.2, 0.25) is 0 Å². The third-order valence-corrected chi connectivity index (χ3v) is 4.16. The molecule has 0 spiro atoms. The zero-order chi connectivity index (χ0) is 20.1. The van der Waals surface area contributed by atoms with Crippen LogP contribution in [-0.2, 0) is 14.3 Å².